The highest BCUT2D eigenvalue weighted by Gasteiger charge is 2.42. The number of alkyl carbamates (subject to hydrolysis) is 2. The lowest BCUT2D eigenvalue weighted by atomic mass is 9.87. The van der Waals surface area contributed by atoms with E-state index >= 15 is 0 Å². The average Bonchev–Trinajstić information content (AvgIpc) is 2.72. The van der Waals surface area contributed by atoms with Crippen molar-refractivity contribution >= 4 is 24.1 Å². The monoisotopic (exact) mass is 517 g/mol. The van der Waals surface area contributed by atoms with E-state index in [1.165, 1.54) is 13.2 Å². The molecule has 13 nitrogen and oxygen atoms in total. The van der Waals surface area contributed by atoms with Crippen molar-refractivity contribution < 1.29 is 48.3 Å². The Balaban J connectivity index is 3.45. The summed E-state index contributed by atoms with van der Waals surface area (Å²) in [6, 6.07) is -0.888. The third-order valence-electron chi connectivity index (χ3n) is 4.71. The average molecular weight is 518 g/mol. The number of rotatable bonds is 6. The Bertz CT molecular complexity index is 812. The number of aliphatic hydroxyl groups is 2. The highest BCUT2D eigenvalue weighted by Crippen LogP contribution is 2.30. The lowest BCUT2D eigenvalue weighted by molar-refractivity contribution is -0.153. The van der Waals surface area contributed by atoms with Crippen LogP contribution in [-0.4, -0.2) is 90.7 Å². The molecule has 0 aromatic carbocycles. The molecule has 1 aliphatic rings. The van der Waals surface area contributed by atoms with Gasteiger partial charge in [0.05, 0.1) is 19.8 Å². The number of esters is 1. The summed E-state index contributed by atoms with van der Waals surface area (Å²) in [6.07, 6.45) is -3.78. The van der Waals surface area contributed by atoms with Crippen LogP contribution in [0.3, 0.4) is 0 Å². The fourth-order valence-electron chi connectivity index (χ4n) is 3.19. The number of hydrogen-bond acceptors (Lipinski definition) is 11. The first kappa shape index (κ1) is 31.1. The summed E-state index contributed by atoms with van der Waals surface area (Å²) >= 11 is 0. The van der Waals surface area contributed by atoms with Crippen molar-refractivity contribution in [1.82, 2.24) is 10.6 Å². The maximum Gasteiger partial charge on any atom is 0.414 e. The number of guanidine groups is 1. The summed E-state index contributed by atoms with van der Waals surface area (Å²) in [5.74, 6) is -1.94. The quantitative estimate of drug-likeness (QED) is 0.174. The zero-order valence-electron chi connectivity index (χ0n) is 22.3. The number of carbonyl (C=O) groups excluding carboxylic acids is 3. The number of amides is 2. The molecular weight excluding hydrogens is 478 g/mol. The summed E-state index contributed by atoms with van der Waals surface area (Å²) in [4.78, 5) is 41.5. The number of nitrogens with one attached hydrogen (secondary N) is 2. The SMILES string of the molecule is COC(=O)C1=C[C@H](N=C(NC(=O)OC(C)(C)C)NC(=O)OC(C)(C)C)[C@@H](C)[C@H]([C@H](OC)[C@H](O)CO)O1. The fourth-order valence-corrected chi connectivity index (χ4v) is 3.19. The summed E-state index contributed by atoms with van der Waals surface area (Å²) in [5.41, 5.74) is -1.66. The van der Waals surface area contributed by atoms with Crippen LogP contribution in [0.5, 0.6) is 0 Å². The number of methoxy groups -OCH3 is 2. The van der Waals surface area contributed by atoms with Crippen molar-refractivity contribution in [1.29, 1.82) is 0 Å². The molecule has 2 amide bonds. The van der Waals surface area contributed by atoms with Gasteiger partial charge in [0.1, 0.15) is 29.5 Å². The number of ether oxygens (including phenoxy) is 5. The van der Waals surface area contributed by atoms with E-state index in [1.807, 2.05) is 0 Å². The first-order chi connectivity index (χ1) is 16.5. The van der Waals surface area contributed by atoms with Gasteiger partial charge in [-0.05, 0) is 47.6 Å². The van der Waals surface area contributed by atoms with Crippen molar-refractivity contribution in [2.75, 3.05) is 20.8 Å². The van der Waals surface area contributed by atoms with E-state index in [1.54, 1.807) is 48.5 Å². The van der Waals surface area contributed by atoms with E-state index in [-0.39, 0.29) is 11.7 Å². The molecule has 0 saturated carbocycles. The molecule has 0 fully saturated rings. The van der Waals surface area contributed by atoms with Crippen molar-refractivity contribution in [2.24, 2.45) is 10.9 Å². The van der Waals surface area contributed by atoms with Crippen LogP contribution < -0.4 is 10.6 Å². The molecule has 4 N–H and O–H groups in total. The Kier molecular flexibility index (Phi) is 11.1. The van der Waals surface area contributed by atoms with Gasteiger partial charge in [0.2, 0.25) is 11.7 Å². The Morgan fingerprint density at radius 1 is 1.06 bits per heavy atom. The minimum Gasteiger partial charge on any atom is -0.480 e. The van der Waals surface area contributed by atoms with Crippen LogP contribution in [-0.2, 0) is 28.5 Å². The van der Waals surface area contributed by atoms with Gasteiger partial charge in [-0.3, -0.25) is 10.6 Å². The van der Waals surface area contributed by atoms with E-state index in [0.717, 1.165) is 7.11 Å². The standard InChI is InChI=1S/C23H39N3O10/c1-12-13(10-15(18(29)33-9)34-16(12)17(32-8)14(28)11-27)24-19(25-20(30)35-22(2,3)4)26-21(31)36-23(5,6)7/h10,12-14,16-17,27-28H,11H2,1-9H3,(H2,24,25,26,30,31)/t12-,13+,14-,16-,17-/m1/s1. The highest BCUT2D eigenvalue weighted by molar-refractivity contribution is 6.01. The molecule has 0 spiro atoms. The third kappa shape index (κ3) is 9.99. The van der Waals surface area contributed by atoms with E-state index in [4.69, 9.17) is 23.7 Å². The highest BCUT2D eigenvalue weighted by atomic mass is 16.6. The number of nitrogens with zero attached hydrogens (tertiary/aromatic N) is 1. The number of aliphatic hydroxyl groups excluding tert-OH is 2. The van der Waals surface area contributed by atoms with Gasteiger partial charge in [-0.2, -0.15) is 0 Å². The van der Waals surface area contributed by atoms with Crippen LogP contribution in [0, 0.1) is 5.92 Å². The second kappa shape index (κ2) is 12.9. The largest absolute Gasteiger partial charge is 0.480 e. The summed E-state index contributed by atoms with van der Waals surface area (Å²) in [6.45, 7) is 11.1. The molecule has 0 aromatic rings. The van der Waals surface area contributed by atoms with Crippen LogP contribution in [0.25, 0.3) is 0 Å². The molecule has 0 saturated heterocycles. The van der Waals surface area contributed by atoms with Gasteiger partial charge in [-0.25, -0.2) is 19.4 Å². The summed E-state index contributed by atoms with van der Waals surface area (Å²) in [7, 11) is 2.47. The molecule has 1 heterocycles. The third-order valence-corrected chi connectivity index (χ3v) is 4.71. The Hall–Kier alpha value is -2.90. The van der Waals surface area contributed by atoms with Gasteiger partial charge in [0.25, 0.3) is 0 Å². The van der Waals surface area contributed by atoms with Gasteiger partial charge in [0.15, 0.2) is 0 Å². The lowest BCUT2D eigenvalue weighted by Crippen LogP contribution is -2.51. The van der Waals surface area contributed by atoms with Crippen molar-refractivity contribution in [3.05, 3.63) is 11.8 Å². The van der Waals surface area contributed by atoms with Gasteiger partial charge in [-0.1, -0.05) is 6.92 Å². The van der Waals surface area contributed by atoms with Crippen LogP contribution >= 0.6 is 0 Å². The second-order valence-electron chi connectivity index (χ2n) is 10.1. The smallest absolute Gasteiger partial charge is 0.414 e. The number of aliphatic imine (C=N–C) groups is 1. The summed E-state index contributed by atoms with van der Waals surface area (Å²) < 4.78 is 26.3. The number of hydrogen-bond donors (Lipinski definition) is 4. The van der Waals surface area contributed by atoms with Crippen molar-refractivity contribution in [2.45, 2.75) is 84.0 Å². The first-order valence-electron chi connectivity index (χ1n) is 11.4. The molecule has 0 bridgehead atoms. The predicted molar refractivity (Wildman–Crippen MR) is 128 cm³/mol. The van der Waals surface area contributed by atoms with Crippen LogP contribution in [0.2, 0.25) is 0 Å². The van der Waals surface area contributed by atoms with E-state index in [2.05, 4.69) is 15.6 Å². The lowest BCUT2D eigenvalue weighted by Gasteiger charge is -2.38. The molecule has 0 unspecified atom stereocenters. The molecule has 1 aliphatic heterocycles. The molecule has 0 aliphatic carbocycles. The minimum atomic E-state index is -1.33. The molecule has 0 aromatic heterocycles. The van der Waals surface area contributed by atoms with E-state index in [9.17, 15) is 24.6 Å². The van der Waals surface area contributed by atoms with Crippen LogP contribution in [0.15, 0.2) is 16.8 Å². The van der Waals surface area contributed by atoms with Crippen LogP contribution in [0.4, 0.5) is 9.59 Å². The van der Waals surface area contributed by atoms with Crippen LogP contribution in [0.1, 0.15) is 48.5 Å². The second-order valence-corrected chi connectivity index (χ2v) is 10.1. The Morgan fingerprint density at radius 2 is 1.56 bits per heavy atom. The molecule has 13 heteroatoms. The molecular formula is C23H39N3O10. The molecule has 1 rings (SSSR count). The topological polar surface area (TPSA) is 174 Å². The van der Waals surface area contributed by atoms with E-state index in [0.29, 0.717) is 0 Å². The normalized spacial score (nSPS) is 21.6. The fraction of sp³-hybridized carbons (Fsp3) is 0.739. The summed E-state index contributed by atoms with van der Waals surface area (Å²) in [5, 5.41) is 24.4. The van der Waals surface area contributed by atoms with Crippen molar-refractivity contribution in [3.8, 4) is 0 Å². The zero-order valence-corrected chi connectivity index (χ0v) is 22.3. The Labute approximate surface area is 211 Å². The van der Waals surface area contributed by atoms with E-state index < -0.39 is 66.2 Å². The number of carbonyl (C=O) groups is 3. The molecule has 0 radical (unpaired) electrons. The molecule has 206 valence electrons. The van der Waals surface area contributed by atoms with Gasteiger partial charge < -0.3 is 33.9 Å². The minimum absolute atomic E-state index is 0.226. The maximum absolute atomic E-state index is 12.4. The van der Waals surface area contributed by atoms with Crippen molar-refractivity contribution in [3.63, 3.8) is 0 Å². The van der Waals surface area contributed by atoms with Gasteiger partial charge in [0, 0.05) is 13.0 Å². The first-order valence-corrected chi connectivity index (χ1v) is 11.4. The molecule has 36 heavy (non-hydrogen) atoms. The van der Waals surface area contributed by atoms with Gasteiger partial charge >= 0.3 is 18.2 Å². The maximum atomic E-state index is 12.4. The zero-order chi connectivity index (χ0) is 27.8. The van der Waals surface area contributed by atoms with Gasteiger partial charge in [-0.15, -0.1) is 0 Å². The molecule has 5 atom stereocenters. The predicted octanol–water partition coefficient (Wildman–Crippen LogP) is 1.22. The Morgan fingerprint density at radius 3 is 1.94 bits per heavy atom.